The van der Waals surface area contributed by atoms with Crippen molar-refractivity contribution in [2.75, 3.05) is 18.9 Å². The van der Waals surface area contributed by atoms with Gasteiger partial charge in [-0.25, -0.2) is 4.98 Å². The van der Waals surface area contributed by atoms with Gasteiger partial charge in [-0.05, 0) is 18.8 Å². The van der Waals surface area contributed by atoms with E-state index < -0.39 is 0 Å². The number of anilines is 1. The van der Waals surface area contributed by atoms with Crippen LogP contribution in [0.3, 0.4) is 0 Å². The number of nitrogens with zero attached hydrogens (tertiary/aromatic N) is 1. The number of thiazole rings is 1. The molecule has 0 aromatic carbocycles. The van der Waals surface area contributed by atoms with Crippen LogP contribution in [0.5, 0.6) is 0 Å². The molecule has 0 saturated heterocycles. The predicted octanol–water partition coefficient (Wildman–Crippen LogP) is 1.71. The Kier molecular flexibility index (Phi) is 5.10. The molecule has 1 amide bonds. The zero-order valence-electron chi connectivity index (χ0n) is 11.3. The van der Waals surface area contributed by atoms with Gasteiger partial charge >= 0.3 is 0 Å². The minimum absolute atomic E-state index is 0.118. The van der Waals surface area contributed by atoms with Crippen LogP contribution in [0.4, 0.5) is 5.13 Å². The Labute approximate surface area is 112 Å². The Hall–Kier alpha value is -1.14. The van der Waals surface area contributed by atoms with E-state index in [0.29, 0.717) is 17.8 Å². The molecule has 0 aliphatic rings. The summed E-state index contributed by atoms with van der Waals surface area (Å²) in [6.45, 7) is 6.33. The van der Waals surface area contributed by atoms with Crippen LogP contribution in [0, 0.1) is 5.41 Å². The number of carbonyl (C=O) groups excluding carboxylic acids is 1. The standard InChI is InChI=1S/C12H21N3O2S/c1-8(16)5-12(2,3)7-15-10(17)9-6-14-11(13-4)18-9/h6,8,16H,5,7H2,1-4H3,(H,13,14)(H,15,17). The average molecular weight is 271 g/mol. The zero-order chi connectivity index (χ0) is 13.8. The van der Waals surface area contributed by atoms with Crippen molar-refractivity contribution in [1.82, 2.24) is 10.3 Å². The molecule has 1 unspecified atom stereocenters. The molecule has 1 aromatic rings. The van der Waals surface area contributed by atoms with Crippen LogP contribution in [0.2, 0.25) is 0 Å². The third kappa shape index (κ3) is 4.62. The van der Waals surface area contributed by atoms with E-state index in [4.69, 9.17) is 0 Å². The Morgan fingerprint density at radius 3 is 2.78 bits per heavy atom. The molecule has 0 fully saturated rings. The first-order valence-corrected chi connectivity index (χ1v) is 6.75. The number of aromatic nitrogens is 1. The summed E-state index contributed by atoms with van der Waals surface area (Å²) in [5, 5.41) is 15.9. The van der Waals surface area contributed by atoms with Gasteiger partial charge in [0.25, 0.3) is 5.91 Å². The summed E-state index contributed by atoms with van der Waals surface area (Å²) >= 11 is 1.32. The van der Waals surface area contributed by atoms with Crippen LogP contribution in [-0.4, -0.2) is 35.7 Å². The average Bonchev–Trinajstić information content (AvgIpc) is 2.72. The first kappa shape index (κ1) is 14.9. The third-order valence-corrected chi connectivity index (χ3v) is 3.53. The number of rotatable bonds is 6. The van der Waals surface area contributed by atoms with Crippen LogP contribution in [0.1, 0.15) is 36.9 Å². The number of hydrogen-bond donors (Lipinski definition) is 3. The van der Waals surface area contributed by atoms with E-state index >= 15 is 0 Å². The Balaban J connectivity index is 2.50. The van der Waals surface area contributed by atoms with E-state index in [1.54, 1.807) is 20.2 Å². The van der Waals surface area contributed by atoms with Crippen LogP contribution in [0.15, 0.2) is 6.20 Å². The summed E-state index contributed by atoms with van der Waals surface area (Å²) < 4.78 is 0. The molecule has 0 aliphatic heterocycles. The summed E-state index contributed by atoms with van der Waals surface area (Å²) in [5.41, 5.74) is -0.125. The van der Waals surface area contributed by atoms with Crippen molar-refractivity contribution in [3.05, 3.63) is 11.1 Å². The minimum atomic E-state index is -0.365. The summed E-state index contributed by atoms with van der Waals surface area (Å²) in [5.74, 6) is -0.118. The fourth-order valence-electron chi connectivity index (χ4n) is 1.77. The zero-order valence-corrected chi connectivity index (χ0v) is 12.1. The second-order valence-corrected chi connectivity index (χ2v) is 6.21. The van der Waals surface area contributed by atoms with E-state index in [0.717, 1.165) is 5.13 Å². The Morgan fingerprint density at radius 2 is 2.28 bits per heavy atom. The Morgan fingerprint density at radius 1 is 1.61 bits per heavy atom. The van der Waals surface area contributed by atoms with Gasteiger partial charge in [-0.1, -0.05) is 25.2 Å². The highest BCUT2D eigenvalue weighted by Gasteiger charge is 2.21. The van der Waals surface area contributed by atoms with Gasteiger partial charge in [-0.2, -0.15) is 0 Å². The second-order valence-electron chi connectivity index (χ2n) is 5.18. The normalized spacial score (nSPS) is 13.2. The second kappa shape index (κ2) is 6.15. The molecule has 6 heteroatoms. The van der Waals surface area contributed by atoms with Crippen LogP contribution >= 0.6 is 11.3 Å². The fourth-order valence-corrected chi connectivity index (χ4v) is 2.46. The number of aliphatic hydroxyl groups is 1. The molecule has 5 nitrogen and oxygen atoms in total. The number of amides is 1. The summed E-state index contributed by atoms with van der Waals surface area (Å²) in [4.78, 5) is 16.5. The lowest BCUT2D eigenvalue weighted by atomic mass is 9.87. The van der Waals surface area contributed by atoms with Gasteiger partial charge in [0.15, 0.2) is 5.13 Å². The maximum atomic E-state index is 11.9. The van der Waals surface area contributed by atoms with Gasteiger partial charge in [-0.3, -0.25) is 4.79 Å². The lowest BCUT2D eigenvalue weighted by molar-refractivity contribution is 0.0905. The van der Waals surface area contributed by atoms with Gasteiger partial charge in [0, 0.05) is 13.6 Å². The number of nitrogens with one attached hydrogen (secondary N) is 2. The lowest BCUT2D eigenvalue weighted by Gasteiger charge is -2.26. The van der Waals surface area contributed by atoms with Crippen molar-refractivity contribution in [2.45, 2.75) is 33.3 Å². The van der Waals surface area contributed by atoms with Gasteiger partial charge in [0.1, 0.15) is 4.88 Å². The third-order valence-electron chi connectivity index (χ3n) is 2.52. The summed E-state index contributed by atoms with van der Waals surface area (Å²) in [7, 11) is 1.77. The van der Waals surface area contributed by atoms with Gasteiger partial charge in [0.05, 0.1) is 12.3 Å². The highest BCUT2D eigenvalue weighted by Crippen LogP contribution is 2.22. The smallest absolute Gasteiger partial charge is 0.263 e. The molecule has 102 valence electrons. The van der Waals surface area contributed by atoms with Gasteiger partial charge < -0.3 is 15.7 Å². The molecule has 1 rings (SSSR count). The molecular formula is C12H21N3O2S. The molecule has 3 N–H and O–H groups in total. The van der Waals surface area contributed by atoms with E-state index in [1.165, 1.54) is 11.3 Å². The number of aliphatic hydroxyl groups excluding tert-OH is 1. The maximum Gasteiger partial charge on any atom is 0.263 e. The first-order valence-electron chi connectivity index (χ1n) is 5.94. The Bertz CT molecular complexity index is 402. The molecule has 0 spiro atoms. The largest absolute Gasteiger partial charge is 0.393 e. The van der Waals surface area contributed by atoms with E-state index in [9.17, 15) is 9.90 Å². The molecule has 1 aromatic heterocycles. The number of carbonyl (C=O) groups is 1. The lowest BCUT2D eigenvalue weighted by Crippen LogP contribution is -2.35. The molecule has 1 heterocycles. The molecule has 0 aliphatic carbocycles. The summed E-state index contributed by atoms with van der Waals surface area (Å²) in [6, 6.07) is 0. The minimum Gasteiger partial charge on any atom is -0.393 e. The highest BCUT2D eigenvalue weighted by molar-refractivity contribution is 7.17. The van der Waals surface area contributed by atoms with Crippen LogP contribution in [0.25, 0.3) is 0 Å². The van der Waals surface area contributed by atoms with Crippen molar-refractivity contribution in [2.24, 2.45) is 5.41 Å². The fraction of sp³-hybridized carbons (Fsp3) is 0.667. The first-order chi connectivity index (χ1) is 8.34. The van der Waals surface area contributed by atoms with E-state index in [2.05, 4.69) is 15.6 Å². The topological polar surface area (TPSA) is 74.2 Å². The van der Waals surface area contributed by atoms with E-state index in [-0.39, 0.29) is 17.4 Å². The monoisotopic (exact) mass is 271 g/mol. The van der Waals surface area contributed by atoms with Crippen molar-refractivity contribution in [1.29, 1.82) is 0 Å². The summed E-state index contributed by atoms with van der Waals surface area (Å²) in [6.07, 6.45) is 1.85. The quantitative estimate of drug-likeness (QED) is 0.736. The van der Waals surface area contributed by atoms with Crippen molar-refractivity contribution in [3.63, 3.8) is 0 Å². The van der Waals surface area contributed by atoms with Gasteiger partial charge in [0.2, 0.25) is 0 Å². The predicted molar refractivity (Wildman–Crippen MR) is 74.1 cm³/mol. The molecule has 1 atom stereocenters. The maximum absolute atomic E-state index is 11.9. The van der Waals surface area contributed by atoms with Crippen molar-refractivity contribution >= 4 is 22.4 Å². The number of hydrogen-bond acceptors (Lipinski definition) is 5. The molecule has 0 bridgehead atoms. The van der Waals surface area contributed by atoms with Gasteiger partial charge in [-0.15, -0.1) is 0 Å². The van der Waals surface area contributed by atoms with E-state index in [1.807, 2.05) is 13.8 Å². The highest BCUT2D eigenvalue weighted by atomic mass is 32.1. The molecular weight excluding hydrogens is 250 g/mol. The molecule has 0 saturated carbocycles. The van der Waals surface area contributed by atoms with Crippen molar-refractivity contribution < 1.29 is 9.90 Å². The van der Waals surface area contributed by atoms with Crippen molar-refractivity contribution in [3.8, 4) is 0 Å². The van der Waals surface area contributed by atoms with Crippen LogP contribution in [-0.2, 0) is 0 Å². The molecule has 18 heavy (non-hydrogen) atoms. The van der Waals surface area contributed by atoms with Crippen LogP contribution < -0.4 is 10.6 Å². The molecule has 0 radical (unpaired) electrons. The SMILES string of the molecule is CNc1ncc(C(=O)NCC(C)(C)CC(C)O)s1.